The smallest absolute Gasteiger partial charge is 0.132 e. The molecular weight excluding hydrogens is 256 g/mol. The van der Waals surface area contributed by atoms with E-state index in [9.17, 15) is 4.79 Å². The topological polar surface area (TPSA) is 17.1 Å². The van der Waals surface area contributed by atoms with Crippen molar-refractivity contribution in [3.63, 3.8) is 0 Å². The molecule has 0 N–H and O–H groups in total. The highest BCUT2D eigenvalue weighted by Gasteiger charge is 2.34. The Labute approximate surface area is 127 Å². The van der Waals surface area contributed by atoms with Crippen molar-refractivity contribution in [2.45, 2.75) is 38.5 Å². The number of rotatable bonds is 4. The molecule has 1 aliphatic rings. The number of carbonyl (C=O) groups excluding carboxylic acids is 1. The van der Waals surface area contributed by atoms with Crippen LogP contribution in [0.3, 0.4) is 0 Å². The monoisotopic (exact) mass is 278 g/mol. The summed E-state index contributed by atoms with van der Waals surface area (Å²) in [7, 11) is 0. The van der Waals surface area contributed by atoms with Crippen LogP contribution in [0.1, 0.15) is 36.8 Å². The Bertz CT molecular complexity index is 532. The van der Waals surface area contributed by atoms with Crippen LogP contribution in [-0.4, -0.2) is 5.78 Å². The first-order valence-electron chi connectivity index (χ1n) is 7.85. The van der Waals surface area contributed by atoms with Gasteiger partial charge in [-0.1, -0.05) is 60.7 Å². The lowest BCUT2D eigenvalue weighted by Crippen LogP contribution is -2.32. The van der Waals surface area contributed by atoms with Gasteiger partial charge in [0.1, 0.15) is 5.78 Å². The highest BCUT2D eigenvalue weighted by Crippen LogP contribution is 2.41. The molecular formula is C20H22O. The van der Waals surface area contributed by atoms with Crippen LogP contribution < -0.4 is 0 Å². The van der Waals surface area contributed by atoms with E-state index in [0.29, 0.717) is 5.78 Å². The van der Waals surface area contributed by atoms with Crippen LogP contribution in [0.15, 0.2) is 60.7 Å². The fourth-order valence-electron chi connectivity index (χ4n) is 3.53. The number of hydrogen-bond acceptors (Lipinski definition) is 1. The van der Waals surface area contributed by atoms with Gasteiger partial charge in [-0.3, -0.25) is 4.79 Å². The van der Waals surface area contributed by atoms with Gasteiger partial charge in [0.2, 0.25) is 0 Å². The van der Waals surface area contributed by atoms with Crippen LogP contribution in [0.25, 0.3) is 0 Å². The Kier molecular flexibility index (Phi) is 4.19. The molecule has 0 radical (unpaired) electrons. The predicted octanol–water partition coefficient (Wildman–Crippen LogP) is 4.60. The molecule has 1 saturated carbocycles. The predicted molar refractivity (Wildman–Crippen MR) is 86.2 cm³/mol. The lowest BCUT2D eigenvalue weighted by atomic mass is 9.67. The number of carbonyl (C=O) groups is 1. The molecule has 3 rings (SSSR count). The van der Waals surface area contributed by atoms with Crippen LogP contribution in [0.5, 0.6) is 0 Å². The summed E-state index contributed by atoms with van der Waals surface area (Å²) in [6, 6.07) is 21.4. The summed E-state index contributed by atoms with van der Waals surface area (Å²) in [5, 5.41) is 0. The Hall–Kier alpha value is -1.89. The summed E-state index contributed by atoms with van der Waals surface area (Å²) < 4.78 is 0. The zero-order valence-electron chi connectivity index (χ0n) is 12.4. The van der Waals surface area contributed by atoms with E-state index < -0.39 is 0 Å². The highest BCUT2D eigenvalue weighted by molar-refractivity contribution is 5.79. The van der Waals surface area contributed by atoms with Crippen molar-refractivity contribution < 1.29 is 4.79 Å². The van der Waals surface area contributed by atoms with Crippen LogP contribution in [-0.2, 0) is 17.6 Å². The molecule has 0 saturated heterocycles. The molecule has 0 atom stereocenters. The van der Waals surface area contributed by atoms with Crippen molar-refractivity contribution in [2.24, 2.45) is 5.41 Å². The average molecular weight is 278 g/mol. The summed E-state index contributed by atoms with van der Waals surface area (Å²) in [5.41, 5.74) is 3.03. The number of benzene rings is 2. The minimum atomic E-state index is 0.247. The summed E-state index contributed by atoms with van der Waals surface area (Å²) in [6.45, 7) is 0. The Morgan fingerprint density at radius 2 is 1.14 bits per heavy atom. The third-order valence-electron chi connectivity index (χ3n) is 4.71. The van der Waals surface area contributed by atoms with Crippen molar-refractivity contribution in [3.05, 3.63) is 71.8 Å². The van der Waals surface area contributed by atoms with Crippen molar-refractivity contribution in [1.29, 1.82) is 0 Å². The number of ketones is 1. The first-order chi connectivity index (χ1) is 10.3. The van der Waals surface area contributed by atoms with Gasteiger partial charge in [0.05, 0.1) is 0 Å². The summed E-state index contributed by atoms with van der Waals surface area (Å²) >= 11 is 0. The summed E-state index contributed by atoms with van der Waals surface area (Å²) in [6.07, 6.45) is 5.70. The van der Waals surface area contributed by atoms with Gasteiger partial charge in [0.25, 0.3) is 0 Å². The van der Waals surface area contributed by atoms with Gasteiger partial charge in [-0.2, -0.15) is 0 Å². The molecule has 1 heteroatoms. The molecule has 0 unspecified atom stereocenters. The van der Waals surface area contributed by atoms with E-state index in [2.05, 4.69) is 60.7 Å². The third-order valence-corrected chi connectivity index (χ3v) is 4.71. The molecule has 0 spiro atoms. The minimum absolute atomic E-state index is 0.247. The molecule has 21 heavy (non-hydrogen) atoms. The van der Waals surface area contributed by atoms with Gasteiger partial charge in [0.15, 0.2) is 0 Å². The zero-order chi connectivity index (χ0) is 14.5. The van der Waals surface area contributed by atoms with Gasteiger partial charge in [-0.25, -0.2) is 0 Å². The van der Waals surface area contributed by atoms with Gasteiger partial charge in [-0.05, 0) is 42.2 Å². The van der Waals surface area contributed by atoms with Crippen molar-refractivity contribution in [1.82, 2.24) is 0 Å². The maximum atomic E-state index is 11.7. The average Bonchev–Trinajstić information content (AvgIpc) is 2.52. The number of hydrogen-bond donors (Lipinski definition) is 0. The second-order valence-electron chi connectivity index (χ2n) is 6.36. The summed E-state index contributed by atoms with van der Waals surface area (Å²) in [5.74, 6) is 0.437. The fourth-order valence-corrected chi connectivity index (χ4v) is 3.53. The molecule has 1 aliphatic carbocycles. The van der Waals surface area contributed by atoms with E-state index in [1.807, 2.05) is 0 Å². The molecule has 0 heterocycles. The van der Waals surface area contributed by atoms with E-state index in [0.717, 1.165) is 38.5 Å². The molecule has 1 fully saturated rings. The van der Waals surface area contributed by atoms with Crippen LogP contribution >= 0.6 is 0 Å². The molecule has 2 aromatic carbocycles. The van der Waals surface area contributed by atoms with Crippen LogP contribution in [0.4, 0.5) is 0 Å². The Balaban J connectivity index is 1.82. The van der Waals surface area contributed by atoms with Gasteiger partial charge in [0, 0.05) is 12.8 Å². The maximum Gasteiger partial charge on any atom is 0.132 e. The van der Waals surface area contributed by atoms with Gasteiger partial charge < -0.3 is 0 Å². The van der Waals surface area contributed by atoms with Crippen molar-refractivity contribution >= 4 is 5.78 Å². The van der Waals surface area contributed by atoms with Crippen molar-refractivity contribution in [3.8, 4) is 0 Å². The first-order valence-corrected chi connectivity index (χ1v) is 7.85. The second-order valence-corrected chi connectivity index (χ2v) is 6.36. The van der Waals surface area contributed by atoms with Crippen molar-refractivity contribution in [2.75, 3.05) is 0 Å². The molecule has 0 amide bonds. The van der Waals surface area contributed by atoms with E-state index in [1.165, 1.54) is 11.1 Å². The van der Waals surface area contributed by atoms with E-state index in [1.54, 1.807) is 0 Å². The lowest BCUT2D eigenvalue weighted by molar-refractivity contribution is -0.122. The largest absolute Gasteiger partial charge is 0.300 e. The maximum absolute atomic E-state index is 11.7. The lowest BCUT2D eigenvalue weighted by Gasteiger charge is -2.37. The molecule has 1 nitrogen and oxygen atoms in total. The first kappa shape index (κ1) is 14.1. The molecule has 0 aliphatic heterocycles. The standard InChI is InChI=1S/C20H22O/c21-19-11-13-20(14-12-19,15-17-7-3-1-4-8-17)16-18-9-5-2-6-10-18/h1-10H,11-16H2. The second kappa shape index (κ2) is 6.26. The molecule has 0 bridgehead atoms. The fraction of sp³-hybridized carbons (Fsp3) is 0.350. The van der Waals surface area contributed by atoms with Gasteiger partial charge in [-0.15, -0.1) is 0 Å². The zero-order valence-corrected chi connectivity index (χ0v) is 12.4. The molecule has 2 aromatic rings. The Morgan fingerprint density at radius 3 is 1.57 bits per heavy atom. The van der Waals surface area contributed by atoms with Crippen LogP contribution in [0, 0.1) is 5.41 Å². The Morgan fingerprint density at radius 1 is 0.714 bits per heavy atom. The van der Waals surface area contributed by atoms with E-state index >= 15 is 0 Å². The normalized spacial score (nSPS) is 17.6. The van der Waals surface area contributed by atoms with E-state index in [4.69, 9.17) is 0 Å². The summed E-state index contributed by atoms with van der Waals surface area (Å²) in [4.78, 5) is 11.7. The third kappa shape index (κ3) is 3.60. The molecule has 0 aromatic heterocycles. The van der Waals surface area contributed by atoms with Gasteiger partial charge >= 0.3 is 0 Å². The number of Topliss-reactive ketones (excluding diaryl/α,β-unsaturated/α-hetero) is 1. The molecule has 108 valence electrons. The highest BCUT2D eigenvalue weighted by atomic mass is 16.1. The SMILES string of the molecule is O=C1CCC(Cc2ccccc2)(Cc2ccccc2)CC1. The van der Waals surface area contributed by atoms with E-state index in [-0.39, 0.29) is 5.41 Å². The minimum Gasteiger partial charge on any atom is -0.300 e. The quantitative estimate of drug-likeness (QED) is 0.798. The van der Waals surface area contributed by atoms with Crippen LogP contribution in [0.2, 0.25) is 0 Å².